The molecule has 0 aliphatic heterocycles. The van der Waals surface area contributed by atoms with Gasteiger partial charge in [0.25, 0.3) is 5.69 Å². The molecular formula is C16H16N2O4S. The Balaban J connectivity index is 2.08. The Hall–Kier alpha value is -2.54. The second-order valence-electron chi connectivity index (χ2n) is 4.66. The molecule has 0 aliphatic rings. The summed E-state index contributed by atoms with van der Waals surface area (Å²) in [6.45, 7) is 0.120. The number of carbonyl (C=O) groups is 1. The van der Waals surface area contributed by atoms with Crippen LogP contribution in [0.25, 0.3) is 0 Å². The monoisotopic (exact) mass is 332 g/mol. The molecule has 0 spiro atoms. The predicted molar refractivity (Wildman–Crippen MR) is 90.0 cm³/mol. The van der Waals surface area contributed by atoms with Crippen LogP contribution in [0.1, 0.15) is 15.9 Å². The molecule has 23 heavy (non-hydrogen) atoms. The third kappa shape index (κ3) is 4.23. The van der Waals surface area contributed by atoms with Gasteiger partial charge in [0.15, 0.2) is 0 Å². The maximum atomic E-state index is 12.0. The van der Waals surface area contributed by atoms with E-state index >= 15 is 0 Å². The van der Waals surface area contributed by atoms with Crippen LogP contribution in [0.3, 0.4) is 0 Å². The first-order chi connectivity index (χ1) is 11.0. The van der Waals surface area contributed by atoms with Gasteiger partial charge in [0.2, 0.25) is 0 Å². The van der Waals surface area contributed by atoms with Crippen LogP contribution in [0.4, 0.5) is 11.4 Å². The van der Waals surface area contributed by atoms with E-state index in [0.29, 0.717) is 5.69 Å². The van der Waals surface area contributed by atoms with E-state index in [0.717, 1.165) is 10.5 Å². The summed E-state index contributed by atoms with van der Waals surface area (Å²) < 4.78 is 5.21. The van der Waals surface area contributed by atoms with Crippen molar-refractivity contribution in [3.63, 3.8) is 0 Å². The van der Waals surface area contributed by atoms with Crippen molar-refractivity contribution in [2.45, 2.75) is 11.5 Å². The predicted octanol–water partition coefficient (Wildman–Crippen LogP) is 3.72. The average Bonchev–Trinajstić information content (AvgIpc) is 2.59. The van der Waals surface area contributed by atoms with Crippen LogP contribution >= 0.6 is 11.8 Å². The van der Waals surface area contributed by atoms with Crippen LogP contribution in [0.15, 0.2) is 47.4 Å². The molecule has 1 N–H and O–H groups in total. The van der Waals surface area contributed by atoms with Gasteiger partial charge in [-0.3, -0.25) is 10.1 Å². The van der Waals surface area contributed by atoms with Crippen LogP contribution in [-0.4, -0.2) is 24.2 Å². The van der Waals surface area contributed by atoms with Crippen LogP contribution < -0.4 is 5.32 Å². The third-order valence-electron chi connectivity index (χ3n) is 3.23. The van der Waals surface area contributed by atoms with Crippen molar-refractivity contribution in [1.82, 2.24) is 0 Å². The second kappa shape index (κ2) is 7.64. The Morgan fingerprint density at radius 2 is 1.96 bits per heavy atom. The molecule has 0 fully saturated rings. The number of nitro benzene ring substituents is 1. The second-order valence-corrected chi connectivity index (χ2v) is 5.54. The van der Waals surface area contributed by atoms with E-state index < -0.39 is 10.9 Å². The van der Waals surface area contributed by atoms with E-state index in [-0.39, 0.29) is 17.9 Å². The molecule has 0 unspecified atom stereocenters. The lowest BCUT2D eigenvalue weighted by atomic mass is 10.1. The first-order valence-electron chi connectivity index (χ1n) is 6.81. The highest BCUT2D eigenvalue weighted by molar-refractivity contribution is 7.98. The Labute approximate surface area is 138 Å². The lowest BCUT2D eigenvalue weighted by Gasteiger charge is -2.07. The molecule has 2 rings (SSSR count). The van der Waals surface area contributed by atoms with Gasteiger partial charge in [-0.05, 0) is 36.1 Å². The van der Waals surface area contributed by atoms with Crippen LogP contribution in [-0.2, 0) is 11.3 Å². The summed E-state index contributed by atoms with van der Waals surface area (Å²) in [6, 6.07) is 11.9. The van der Waals surface area contributed by atoms with Gasteiger partial charge in [-0.2, -0.15) is 0 Å². The summed E-state index contributed by atoms with van der Waals surface area (Å²) in [5.74, 6) is -0.593. The molecule has 0 bridgehead atoms. The number of nitro groups is 1. The lowest BCUT2D eigenvalue weighted by Crippen LogP contribution is -2.07. The molecule has 0 saturated carbocycles. The Morgan fingerprint density at radius 3 is 2.52 bits per heavy atom. The van der Waals surface area contributed by atoms with E-state index in [9.17, 15) is 14.9 Å². The molecule has 2 aromatic carbocycles. The number of thioether (sulfide) groups is 1. The van der Waals surface area contributed by atoms with Gasteiger partial charge in [-0.1, -0.05) is 12.1 Å². The fourth-order valence-corrected chi connectivity index (χ4v) is 2.38. The number of hydrogen-bond donors (Lipinski definition) is 1. The number of esters is 1. The Morgan fingerprint density at radius 1 is 1.26 bits per heavy atom. The summed E-state index contributed by atoms with van der Waals surface area (Å²) in [6.07, 6.45) is 1.98. The zero-order valence-corrected chi connectivity index (χ0v) is 13.6. The number of anilines is 1. The normalized spacial score (nSPS) is 10.2. The van der Waals surface area contributed by atoms with Crippen molar-refractivity contribution in [2.75, 3.05) is 18.6 Å². The van der Waals surface area contributed by atoms with Crippen LogP contribution in [0.2, 0.25) is 0 Å². The summed E-state index contributed by atoms with van der Waals surface area (Å²) >= 11 is 1.63. The Kier molecular flexibility index (Phi) is 5.59. The molecule has 0 amide bonds. The number of nitrogens with zero attached hydrogens (tertiary/aromatic N) is 1. The van der Waals surface area contributed by atoms with Gasteiger partial charge in [0.05, 0.1) is 10.5 Å². The SMILES string of the molecule is CNc1ccc(C(=O)OCc2ccc(SC)cc2)cc1[N+](=O)[O-]. The van der Waals surface area contributed by atoms with E-state index in [1.165, 1.54) is 18.2 Å². The molecule has 120 valence electrons. The number of carbonyl (C=O) groups excluding carboxylic acids is 1. The summed E-state index contributed by atoms with van der Waals surface area (Å²) in [5, 5.41) is 13.7. The minimum atomic E-state index is -0.593. The molecule has 0 radical (unpaired) electrons. The van der Waals surface area contributed by atoms with Gasteiger partial charge in [-0.15, -0.1) is 11.8 Å². The summed E-state index contributed by atoms with van der Waals surface area (Å²) in [4.78, 5) is 23.6. The molecule has 6 nitrogen and oxygen atoms in total. The highest BCUT2D eigenvalue weighted by atomic mass is 32.2. The maximum Gasteiger partial charge on any atom is 0.338 e. The first-order valence-corrected chi connectivity index (χ1v) is 8.04. The molecule has 0 heterocycles. The van der Waals surface area contributed by atoms with Gasteiger partial charge in [-0.25, -0.2) is 4.79 Å². The number of hydrogen-bond acceptors (Lipinski definition) is 6. The number of rotatable bonds is 6. The fraction of sp³-hybridized carbons (Fsp3) is 0.188. The van der Waals surface area contributed by atoms with Crippen molar-refractivity contribution in [1.29, 1.82) is 0 Å². The molecule has 0 aromatic heterocycles. The highest BCUT2D eigenvalue weighted by Gasteiger charge is 2.17. The van der Waals surface area contributed by atoms with E-state index in [2.05, 4.69) is 5.32 Å². The minimum absolute atomic E-state index is 0.120. The van der Waals surface area contributed by atoms with E-state index in [4.69, 9.17) is 4.74 Å². The van der Waals surface area contributed by atoms with Crippen LogP contribution in [0.5, 0.6) is 0 Å². The van der Waals surface area contributed by atoms with E-state index in [1.54, 1.807) is 18.8 Å². The van der Waals surface area contributed by atoms with Crippen LogP contribution in [0, 0.1) is 10.1 Å². The standard InChI is InChI=1S/C16H16N2O4S/c1-17-14-8-5-12(9-15(14)18(20)21)16(19)22-10-11-3-6-13(23-2)7-4-11/h3-9,17H,10H2,1-2H3. The van der Waals surface area contributed by atoms with E-state index in [1.807, 2.05) is 30.5 Å². The average molecular weight is 332 g/mol. The maximum absolute atomic E-state index is 12.0. The smallest absolute Gasteiger partial charge is 0.338 e. The molecule has 2 aromatic rings. The summed E-state index contributed by atoms with van der Waals surface area (Å²) in [5.41, 5.74) is 1.19. The van der Waals surface area contributed by atoms with Crippen molar-refractivity contribution < 1.29 is 14.5 Å². The largest absolute Gasteiger partial charge is 0.457 e. The Bertz CT molecular complexity index is 717. The van der Waals surface area contributed by atoms with Gasteiger partial charge >= 0.3 is 5.97 Å². The van der Waals surface area contributed by atoms with Crippen molar-refractivity contribution >= 4 is 29.1 Å². The van der Waals surface area contributed by atoms with Crippen molar-refractivity contribution in [3.8, 4) is 0 Å². The zero-order chi connectivity index (χ0) is 16.8. The van der Waals surface area contributed by atoms with Gasteiger partial charge < -0.3 is 10.1 Å². The van der Waals surface area contributed by atoms with Gasteiger partial charge in [0.1, 0.15) is 12.3 Å². The topological polar surface area (TPSA) is 81.5 Å². The quantitative estimate of drug-likeness (QED) is 0.376. The molecule has 0 atom stereocenters. The fourth-order valence-electron chi connectivity index (χ4n) is 1.98. The third-order valence-corrected chi connectivity index (χ3v) is 3.97. The number of benzene rings is 2. The van der Waals surface area contributed by atoms with Gasteiger partial charge in [0, 0.05) is 18.0 Å². The van der Waals surface area contributed by atoms with Crippen molar-refractivity contribution in [2.24, 2.45) is 0 Å². The number of ether oxygens (including phenoxy) is 1. The molecule has 0 aliphatic carbocycles. The summed E-state index contributed by atoms with van der Waals surface area (Å²) in [7, 11) is 1.58. The first kappa shape index (κ1) is 16.8. The number of nitrogens with one attached hydrogen (secondary N) is 1. The lowest BCUT2D eigenvalue weighted by molar-refractivity contribution is -0.384. The molecule has 7 heteroatoms. The van der Waals surface area contributed by atoms with Crippen molar-refractivity contribution in [3.05, 3.63) is 63.7 Å². The zero-order valence-electron chi connectivity index (χ0n) is 12.7. The molecular weight excluding hydrogens is 316 g/mol. The minimum Gasteiger partial charge on any atom is -0.457 e. The highest BCUT2D eigenvalue weighted by Crippen LogP contribution is 2.25. The molecule has 0 saturated heterocycles.